The lowest BCUT2D eigenvalue weighted by Crippen LogP contribution is -2.14. The van der Waals surface area contributed by atoms with Crippen LogP contribution in [0.15, 0.2) is 48.8 Å². The lowest BCUT2D eigenvalue weighted by Gasteiger charge is -2.10. The number of hydrogen-bond acceptors (Lipinski definition) is 8. The first-order valence-electron chi connectivity index (χ1n) is 8.89. The van der Waals surface area contributed by atoms with Gasteiger partial charge in [-0.3, -0.25) is 0 Å². The average molecular weight is 414 g/mol. The van der Waals surface area contributed by atoms with Crippen molar-refractivity contribution >= 4 is 21.8 Å². The Morgan fingerprint density at radius 1 is 1.03 bits per heavy atom. The summed E-state index contributed by atoms with van der Waals surface area (Å²) in [5.41, 5.74) is 8.36. The SMILES string of the molecule is CCc1cnc(NCc2cc(N)nc(Oc3ccc(CS(N)(=O)=O)cc3)c2)nc1. The molecule has 0 spiro atoms. The number of aryl methyl sites for hydroxylation is 1. The van der Waals surface area contributed by atoms with Crippen molar-refractivity contribution in [1.82, 2.24) is 15.0 Å². The third-order valence-corrected chi connectivity index (χ3v) is 4.69. The number of nitrogens with zero attached hydrogens (tertiary/aromatic N) is 3. The lowest BCUT2D eigenvalue weighted by atomic mass is 10.2. The largest absolute Gasteiger partial charge is 0.439 e. The van der Waals surface area contributed by atoms with Crippen LogP contribution in [0.25, 0.3) is 0 Å². The van der Waals surface area contributed by atoms with Gasteiger partial charge in [0.05, 0.1) is 5.75 Å². The van der Waals surface area contributed by atoms with Crippen LogP contribution in [0.4, 0.5) is 11.8 Å². The van der Waals surface area contributed by atoms with Gasteiger partial charge in [-0.25, -0.2) is 23.5 Å². The van der Waals surface area contributed by atoms with E-state index >= 15 is 0 Å². The van der Waals surface area contributed by atoms with Crippen molar-refractivity contribution in [3.63, 3.8) is 0 Å². The second kappa shape index (κ2) is 8.84. The highest BCUT2D eigenvalue weighted by Gasteiger charge is 2.07. The summed E-state index contributed by atoms with van der Waals surface area (Å²) in [5, 5.41) is 8.18. The second-order valence-electron chi connectivity index (χ2n) is 6.41. The normalized spacial score (nSPS) is 11.2. The Kier molecular flexibility index (Phi) is 6.25. The molecule has 2 heterocycles. The predicted octanol–water partition coefficient (Wildman–Crippen LogP) is 2.21. The molecule has 0 aliphatic rings. The van der Waals surface area contributed by atoms with E-state index in [1.165, 1.54) is 0 Å². The van der Waals surface area contributed by atoms with Crippen molar-refractivity contribution in [2.24, 2.45) is 5.14 Å². The molecule has 0 unspecified atom stereocenters. The fraction of sp³-hybridized carbons (Fsp3) is 0.211. The topological polar surface area (TPSA) is 146 Å². The molecule has 0 atom stereocenters. The average Bonchev–Trinajstić information content (AvgIpc) is 2.67. The zero-order valence-electron chi connectivity index (χ0n) is 15.9. The van der Waals surface area contributed by atoms with Gasteiger partial charge in [0.2, 0.25) is 21.9 Å². The zero-order valence-corrected chi connectivity index (χ0v) is 16.7. The first kappa shape index (κ1) is 20.5. The molecule has 0 bridgehead atoms. The predicted molar refractivity (Wildman–Crippen MR) is 111 cm³/mol. The number of hydrogen-bond donors (Lipinski definition) is 3. The van der Waals surface area contributed by atoms with E-state index in [1.807, 2.05) is 6.92 Å². The smallest absolute Gasteiger partial charge is 0.222 e. The molecule has 0 amide bonds. The molecule has 0 radical (unpaired) electrons. The van der Waals surface area contributed by atoms with Gasteiger partial charge >= 0.3 is 0 Å². The van der Waals surface area contributed by atoms with Crippen LogP contribution in [0, 0.1) is 0 Å². The summed E-state index contributed by atoms with van der Waals surface area (Å²) in [7, 11) is -3.58. The maximum atomic E-state index is 11.2. The molecule has 29 heavy (non-hydrogen) atoms. The van der Waals surface area contributed by atoms with Crippen molar-refractivity contribution < 1.29 is 13.2 Å². The van der Waals surface area contributed by atoms with Crippen LogP contribution < -0.4 is 20.9 Å². The molecule has 0 saturated carbocycles. The van der Waals surface area contributed by atoms with E-state index in [2.05, 4.69) is 20.3 Å². The third-order valence-electron chi connectivity index (χ3n) is 3.96. The van der Waals surface area contributed by atoms with Gasteiger partial charge < -0.3 is 15.8 Å². The molecule has 3 rings (SSSR count). The van der Waals surface area contributed by atoms with Gasteiger partial charge in [0.25, 0.3) is 0 Å². The van der Waals surface area contributed by atoms with E-state index in [-0.39, 0.29) is 5.75 Å². The van der Waals surface area contributed by atoms with Crippen molar-refractivity contribution in [3.8, 4) is 11.6 Å². The van der Waals surface area contributed by atoms with Crippen LogP contribution in [0.3, 0.4) is 0 Å². The Hall–Kier alpha value is -3.24. The van der Waals surface area contributed by atoms with Gasteiger partial charge in [0.1, 0.15) is 11.6 Å². The maximum absolute atomic E-state index is 11.2. The summed E-state index contributed by atoms with van der Waals surface area (Å²) in [6, 6.07) is 10.0. The van der Waals surface area contributed by atoms with Crippen molar-refractivity contribution in [3.05, 3.63) is 65.5 Å². The second-order valence-corrected chi connectivity index (χ2v) is 8.03. The van der Waals surface area contributed by atoms with Gasteiger partial charge in [0, 0.05) is 25.0 Å². The Bertz CT molecular complexity index is 1070. The van der Waals surface area contributed by atoms with E-state index < -0.39 is 10.0 Å². The van der Waals surface area contributed by atoms with Gasteiger partial charge in [-0.1, -0.05) is 19.1 Å². The third kappa shape index (κ3) is 6.40. The lowest BCUT2D eigenvalue weighted by molar-refractivity contribution is 0.463. The summed E-state index contributed by atoms with van der Waals surface area (Å²) < 4.78 is 28.0. The fourth-order valence-electron chi connectivity index (χ4n) is 2.55. The van der Waals surface area contributed by atoms with Crippen LogP contribution in [0.5, 0.6) is 11.6 Å². The monoisotopic (exact) mass is 414 g/mol. The zero-order chi connectivity index (χ0) is 20.9. The number of anilines is 2. The maximum Gasteiger partial charge on any atom is 0.222 e. The highest BCUT2D eigenvalue weighted by Crippen LogP contribution is 2.23. The van der Waals surface area contributed by atoms with Crippen molar-refractivity contribution in [2.75, 3.05) is 11.1 Å². The number of benzene rings is 1. The van der Waals surface area contributed by atoms with Crippen molar-refractivity contribution in [2.45, 2.75) is 25.6 Å². The first-order valence-corrected chi connectivity index (χ1v) is 10.6. The van der Waals surface area contributed by atoms with Crippen LogP contribution in [0.1, 0.15) is 23.6 Å². The van der Waals surface area contributed by atoms with Crippen LogP contribution in [-0.2, 0) is 28.7 Å². The molecule has 152 valence electrons. The quantitative estimate of drug-likeness (QED) is 0.508. The molecule has 9 nitrogen and oxygen atoms in total. The van der Waals surface area contributed by atoms with E-state index in [0.717, 1.165) is 17.5 Å². The minimum Gasteiger partial charge on any atom is -0.439 e. The molecule has 0 aliphatic carbocycles. The minimum absolute atomic E-state index is 0.235. The summed E-state index contributed by atoms with van der Waals surface area (Å²) in [4.78, 5) is 12.7. The van der Waals surface area contributed by atoms with Crippen LogP contribution in [-0.4, -0.2) is 23.4 Å². The number of aromatic nitrogens is 3. The van der Waals surface area contributed by atoms with E-state index in [1.54, 1.807) is 48.8 Å². The first-order chi connectivity index (χ1) is 13.8. The standard InChI is InChI=1S/C19H22N6O3S/c1-2-13-9-22-19(23-10-13)24-11-15-7-17(20)25-18(8-15)28-16-5-3-14(4-6-16)12-29(21,26)27/h3-10H,2,11-12H2,1H3,(H2,20,25)(H2,21,26,27)(H,22,23,24). The van der Waals surface area contributed by atoms with Crippen LogP contribution >= 0.6 is 0 Å². The molecule has 5 N–H and O–H groups in total. The molecule has 3 aromatic rings. The number of ether oxygens (including phenoxy) is 1. The summed E-state index contributed by atoms with van der Waals surface area (Å²) in [6.07, 6.45) is 4.44. The molecule has 0 fully saturated rings. The van der Waals surface area contributed by atoms with E-state index in [9.17, 15) is 8.42 Å². The van der Waals surface area contributed by atoms with Gasteiger partial charge in [-0.05, 0) is 41.3 Å². The van der Waals surface area contributed by atoms with Gasteiger partial charge in [0.15, 0.2) is 0 Å². The summed E-state index contributed by atoms with van der Waals surface area (Å²) >= 11 is 0. The molecule has 0 saturated heterocycles. The molecule has 10 heteroatoms. The van der Waals surface area contributed by atoms with Crippen LogP contribution in [0.2, 0.25) is 0 Å². The number of nitrogens with two attached hydrogens (primary N) is 2. The fourth-order valence-corrected chi connectivity index (χ4v) is 3.21. The number of nitrogen functional groups attached to an aromatic ring is 1. The van der Waals surface area contributed by atoms with E-state index in [4.69, 9.17) is 15.6 Å². The number of rotatable bonds is 8. The highest BCUT2D eigenvalue weighted by atomic mass is 32.2. The highest BCUT2D eigenvalue weighted by molar-refractivity contribution is 7.88. The molecular weight excluding hydrogens is 392 g/mol. The Labute approximate surface area is 169 Å². The number of nitrogens with one attached hydrogen (secondary N) is 1. The van der Waals surface area contributed by atoms with Gasteiger partial charge in [-0.2, -0.15) is 4.98 Å². The minimum atomic E-state index is -3.58. The Morgan fingerprint density at radius 2 is 1.72 bits per heavy atom. The Balaban J connectivity index is 1.66. The molecular formula is C19H22N6O3S. The summed E-state index contributed by atoms with van der Waals surface area (Å²) in [5.74, 6) is 1.42. The van der Waals surface area contributed by atoms with Gasteiger partial charge in [-0.15, -0.1) is 0 Å². The molecule has 1 aromatic carbocycles. The van der Waals surface area contributed by atoms with E-state index in [0.29, 0.717) is 35.5 Å². The number of pyridine rings is 1. The number of sulfonamides is 1. The van der Waals surface area contributed by atoms with Crippen molar-refractivity contribution in [1.29, 1.82) is 0 Å². The summed E-state index contributed by atoms with van der Waals surface area (Å²) in [6.45, 7) is 2.49. The Morgan fingerprint density at radius 3 is 2.34 bits per heavy atom. The molecule has 2 aromatic heterocycles. The molecule has 0 aliphatic heterocycles. The number of primary sulfonamides is 1.